The average molecular weight is 203 g/mol. The van der Waals surface area contributed by atoms with Crippen LogP contribution in [0.3, 0.4) is 0 Å². The second kappa shape index (κ2) is 4.18. The molecule has 0 amide bonds. The Balaban J connectivity index is 2.23. The first kappa shape index (κ1) is 9.79. The van der Waals surface area contributed by atoms with E-state index in [0.717, 1.165) is 23.6 Å². The van der Waals surface area contributed by atoms with E-state index in [1.807, 2.05) is 32.3 Å². The lowest BCUT2D eigenvalue weighted by molar-refractivity contribution is 0.745. The van der Waals surface area contributed by atoms with Crippen molar-refractivity contribution in [2.24, 2.45) is 0 Å². The Kier molecular flexibility index (Phi) is 2.73. The summed E-state index contributed by atoms with van der Waals surface area (Å²) < 4.78 is 1.71. The lowest BCUT2D eigenvalue weighted by Gasteiger charge is -2.00. The highest BCUT2D eigenvalue weighted by Crippen LogP contribution is 2.04. The Bertz CT molecular complexity index is 431. The van der Waals surface area contributed by atoms with E-state index >= 15 is 0 Å². The topological polar surface area (TPSA) is 55.6 Å². The molecule has 5 heteroatoms. The molecule has 0 saturated carbocycles. The van der Waals surface area contributed by atoms with Crippen LogP contribution in [0.25, 0.3) is 5.82 Å². The van der Waals surface area contributed by atoms with E-state index in [-0.39, 0.29) is 0 Å². The third-order valence-electron chi connectivity index (χ3n) is 2.01. The van der Waals surface area contributed by atoms with Crippen molar-refractivity contribution in [3.63, 3.8) is 0 Å². The van der Waals surface area contributed by atoms with Crippen molar-refractivity contribution >= 4 is 0 Å². The fourth-order valence-corrected chi connectivity index (χ4v) is 1.29. The zero-order chi connectivity index (χ0) is 10.7. The SMILES string of the molecule is CNCc1ccc(-n2cc(C)cn2)nn1. The Hall–Kier alpha value is -1.75. The molecule has 2 heterocycles. The molecule has 0 bridgehead atoms. The van der Waals surface area contributed by atoms with Crippen LogP contribution in [0.15, 0.2) is 24.5 Å². The summed E-state index contributed by atoms with van der Waals surface area (Å²) in [5.74, 6) is 0.739. The molecule has 0 atom stereocenters. The standard InChI is InChI=1S/C10H13N5/c1-8-5-12-15(7-8)10-4-3-9(6-11-2)13-14-10/h3-5,7,11H,6H2,1-2H3. The van der Waals surface area contributed by atoms with Gasteiger partial charge in [0.15, 0.2) is 5.82 Å². The molecule has 0 aliphatic heterocycles. The summed E-state index contributed by atoms with van der Waals surface area (Å²) in [4.78, 5) is 0. The smallest absolute Gasteiger partial charge is 0.175 e. The van der Waals surface area contributed by atoms with Crippen molar-refractivity contribution in [2.75, 3.05) is 7.05 Å². The number of hydrogen-bond donors (Lipinski definition) is 1. The molecule has 0 aromatic carbocycles. The quantitative estimate of drug-likeness (QED) is 0.797. The molecule has 5 nitrogen and oxygen atoms in total. The predicted octanol–water partition coefficient (Wildman–Crippen LogP) is 0.690. The van der Waals surface area contributed by atoms with Crippen molar-refractivity contribution in [1.82, 2.24) is 25.3 Å². The molecule has 0 aliphatic carbocycles. The zero-order valence-electron chi connectivity index (χ0n) is 8.81. The van der Waals surface area contributed by atoms with Crippen LogP contribution in [0.1, 0.15) is 11.3 Å². The molecule has 2 rings (SSSR count). The molecule has 0 saturated heterocycles. The Labute approximate surface area is 88.1 Å². The van der Waals surface area contributed by atoms with E-state index < -0.39 is 0 Å². The van der Waals surface area contributed by atoms with Gasteiger partial charge < -0.3 is 5.32 Å². The summed E-state index contributed by atoms with van der Waals surface area (Å²) in [5.41, 5.74) is 2.03. The Morgan fingerprint density at radius 3 is 2.73 bits per heavy atom. The van der Waals surface area contributed by atoms with E-state index in [0.29, 0.717) is 0 Å². The summed E-state index contributed by atoms with van der Waals surface area (Å²) in [7, 11) is 1.88. The summed E-state index contributed by atoms with van der Waals surface area (Å²) in [6, 6.07) is 3.85. The van der Waals surface area contributed by atoms with Gasteiger partial charge >= 0.3 is 0 Å². The Morgan fingerprint density at radius 1 is 1.33 bits per heavy atom. The number of aromatic nitrogens is 4. The molecule has 0 radical (unpaired) electrons. The first-order chi connectivity index (χ1) is 7.29. The number of hydrogen-bond acceptors (Lipinski definition) is 4. The minimum absolute atomic E-state index is 0.728. The summed E-state index contributed by atoms with van der Waals surface area (Å²) in [5, 5.41) is 15.4. The van der Waals surface area contributed by atoms with Crippen molar-refractivity contribution in [2.45, 2.75) is 13.5 Å². The van der Waals surface area contributed by atoms with Gasteiger partial charge in [-0.25, -0.2) is 4.68 Å². The minimum Gasteiger partial charge on any atom is -0.314 e. The van der Waals surface area contributed by atoms with Crippen LogP contribution in [0.4, 0.5) is 0 Å². The summed E-state index contributed by atoms with van der Waals surface area (Å²) in [6.45, 7) is 2.72. The van der Waals surface area contributed by atoms with Gasteiger partial charge in [0, 0.05) is 12.7 Å². The van der Waals surface area contributed by atoms with E-state index in [1.165, 1.54) is 0 Å². The molecule has 0 fully saturated rings. The number of nitrogens with zero attached hydrogens (tertiary/aromatic N) is 4. The number of rotatable bonds is 3. The Morgan fingerprint density at radius 2 is 2.20 bits per heavy atom. The third-order valence-corrected chi connectivity index (χ3v) is 2.01. The minimum atomic E-state index is 0.728. The largest absolute Gasteiger partial charge is 0.314 e. The van der Waals surface area contributed by atoms with Crippen LogP contribution >= 0.6 is 0 Å². The van der Waals surface area contributed by atoms with Crippen molar-refractivity contribution in [1.29, 1.82) is 0 Å². The van der Waals surface area contributed by atoms with Crippen LogP contribution in [-0.2, 0) is 6.54 Å². The number of nitrogens with one attached hydrogen (secondary N) is 1. The number of aryl methyl sites for hydroxylation is 1. The van der Waals surface area contributed by atoms with Crippen LogP contribution < -0.4 is 5.32 Å². The molecule has 0 aliphatic rings. The van der Waals surface area contributed by atoms with E-state index in [4.69, 9.17) is 0 Å². The predicted molar refractivity (Wildman–Crippen MR) is 56.7 cm³/mol. The fraction of sp³-hybridized carbons (Fsp3) is 0.300. The molecule has 15 heavy (non-hydrogen) atoms. The molecule has 0 spiro atoms. The third kappa shape index (κ3) is 2.19. The fourth-order valence-electron chi connectivity index (χ4n) is 1.29. The maximum absolute atomic E-state index is 4.16. The van der Waals surface area contributed by atoms with Crippen LogP contribution in [0.2, 0.25) is 0 Å². The molecule has 0 unspecified atom stereocenters. The average Bonchev–Trinajstić information content (AvgIpc) is 2.67. The summed E-state index contributed by atoms with van der Waals surface area (Å²) in [6.07, 6.45) is 3.71. The van der Waals surface area contributed by atoms with Gasteiger partial charge in [-0.05, 0) is 31.7 Å². The van der Waals surface area contributed by atoms with Gasteiger partial charge in [0.2, 0.25) is 0 Å². The summed E-state index contributed by atoms with van der Waals surface area (Å²) >= 11 is 0. The van der Waals surface area contributed by atoms with Crippen molar-refractivity contribution in [3.8, 4) is 5.82 Å². The lowest BCUT2D eigenvalue weighted by Crippen LogP contribution is -2.09. The van der Waals surface area contributed by atoms with Crippen LogP contribution in [-0.4, -0.2) is 27.0 Å². The normalized spacial score (nSPS) is 10.5. The highest BCUT2D eigenvalue weighted by atomic mass is 15.3. The maximum atomic E-state index is 4.16. The molecule has 2 aromatic rings. The van der Waals surface area contributed by atoms with Crippen LogP contribution in [0, 0.1) is 6.92 Å². The molecular formula is C10H13N5. The highest BCUT2D eigenvalue weighted by molar-refractivity contribution is 5.21. The van der Waals surface area contributed by atoms with Gasteiger partial charge in [-0.15, -0.1) is 5.10 Å². The zero-order valence-corrected chi connectivity index (χ0v) is 8.81. The second-order valence-electron chi connectivity index (χ2n) is 3.38. The molecule has 2 aromatic heterocycles. The lowest BCUT2D eigenvalue weighted by atomic mass is 10.4. The van der Waals surface area contributed by atoms with Crippen LogP contribution in [0.5, 0.6) is 0 Å². The van der Waals surface area contributed by atoms with Gasteiger partial charge in [-0.1, -0.05) is 0 Å². The van der Waals surface area contributed by atoms with Gasteiger partial charge in [-0.3, -0.25) is 0 Å². The molecule has 78 valence electrons. The van der Waals surface area contributed by atoms with E-state index in [9.17, 15) is 0 Å². The molecule has 1 N–H and O–H groups in total. The molecular weight excluding hydrogens is 190 g/mol. The monoisotopic (exact) mass is 203 g/mol. The van der Waals surface area contributed by atoms with Crippen molar-refractivity contribution < 1.29 is 0 Å². The van der Waals surface area contributed by atoms with Gasteiger partial charge in [0.05, 0.1) is 11.9 Å². The van der Waals surface area contributed by atoms with Gasteiger partial charge in [0.1, 0.15) is 0 Å². The highest BCUT2D eigenvalue weighted by Gasteiger charge is 2.00. The first-order valence-corrected chi connectivity index (χ1v) is 4.78. The van der Waals surface area contributed by atoms with Gasteiger partial charge in [0.25, 0.3) is 0 Å². The van der Waals surface area contributed by atoms with E-state index in [1.54, 1.807) is 10.9 Å². The van der Waals surface area contributed by atoms with Gasteiger partial charge in [-0.2, -0.15) is 10.2 Å². The van der Waals surface area contributed by atoms with E-state index in [2.05, 4.69) is 20.6 Å². The second-order valence-corrected chi connectivity index (χ2v) is 3.38. The maximum Gasteiger partial charge on any atom is 0.175 e. The van der Waals surface area contributed by atoms with Crippen molar-refractivity contribution in [3.05, 3.63) is 35.8 Å². The first-order valence-electron chi connectivity index (χ1n) is 4.78.